The molecule has 3 saturated carbocycles. The molecule has 0 spiro atoms. The maximum atomic E-state index is 13.2. The van der Waals surface area contributed by atoms with E-state index >= 15 is 0 Å². The zero-order chi connectivity index (χ0) is 19.1. The number of hydrogen-bond donors (Lipinski definition) is 0. The summed E-state index contributed by atoms with van der Waals surface area (Å²) in [6.07, 6.45) is 16.6. The van der Waals surface area contributed by atoms with Gasteiger partial charge in [0.1, 0.15) is 0 Å². The monoisotopic (exact) mass is 386 g/mol. The standard InChI is InChI=1S/C24H38N2O2/c27-23(25-15-13-17-5-1-3-7-21(17)25)19-9-11-20(12-10-19)24(28)26-16-14-18-6-2-4-8-22(18)26/h17-22H,1-16H2. The minimum absolute atomic E-state index is 0.186. The van der Waals surface area contributed by atoms with Gasteiger partial charge in [0.2, 0.25) is 11.8 Å². The van der Waals surface area contributed by atoms with Gasteiger partial charge in [-0.3, -0.25) is 9.59 Å². The summed E-state index contributed by atoms with van der Waals surface area (Å²) in [7, 11) is 0. The number of carbonyl (C=O) groups excluding carboxylic acids is 2. The molecule has 4 atom stereocenters. The molecule has 2 saturated heterocycles. The van der Waals surface area contributed by atoms with E-state index < -0.39 is 0 Å². The number of carbonyl (C=O) groups is 2. The lowest BCUT2D eigenvalue weighted by molar-refractivity contribution is -0.143. The highest BCUT2D eigenvalue weighted by Gasteiger charge is 2.43. The van der Waals surface area contributed by atoms with Crippen LogP contribution in [0.2, 0.25) is 0 Å². The van der Waals surface area contributed by atoms with Gasteiger partial charge in [0.05, 0.1) is 0 Å². The molecule has 0 aromatic heterocycles. The smallest absolute Gasteiger partial charge is 0.225 e. The molecule has 3 aliphatic carbocycles. The van der Waals surface area contributed by atoms with Gasteiger partial charge in [-0.1, -0.05) is 25.7 Å². The van der Waals surface area contributed by atoms with Gasteiger partial charge >= 0.3 is 0 Å². The van der Waals surface area contributed by atoms with Crippen molar-refractivity contribution in [3.8, 4) is 0 Å². The summed E-state index contributed by atoms with van der Waals surface area (Å²) in [4.78, 5) is 30.9. The number of nitrogens with zero attached hydrogens (tertiary/aromatic N) is 2. The van der Waals surface area contributed by atoms with E-state index in [4.69, 9.17) is 0 Å². The second-order valence-corrected chi connectivity index (χ2v) is 10.4. The van der Waals surface area contributed by atoms with Crippen LogP contribution >= 0.6 is 0 Å². The third kappa shape index (κ3) is 3.39. The summed E-state index contributed by atoms with van der Waals surface area (Å²) < 4.78 is 0. The van der Waals surface area contributed by atoms with Gasteiger partial charge in [0.15, 0.2) is 0 Å². The van der Waals surface area contributed by atoms with Gasteiger partial charge in [-0.05, 0) is 76.0 Å². The van der Waals surface area contributed by atoms with E-state index in [1.807, 2.05) is 0 Å². The summed E-state index contributed by atoms with van der Waals surface area (Å²) in [5, 5.41) is 0. The average Bonchev–Trinajstić information content (AvgIpc) is 3.37. The predicted octanol–water partition coefficient (Wildman–Crippen LogP) is 4.38. The van der Waals surface area contributed by atoms with Crippen LogP contribution in [0.1, 0.15) is 89.9 Å². The summed E-state index contributed by atoms with van der Waals surface area (Å²) in [5.74, 6) is 2.77. The molecule has 5 aliphatic rings. The number of likely N-dealkylation sites (tertiary alicyclic amines) is 2. The van der Waals surface area contributed by atoms with Crippen molar-refractivity contribution in [2.24, 2.45) is 23.7 Å². The minimum atomic E-state index is 0.186. The summed E-state index contributed by atoms with van der Waals surface area (Å²) in [6, 6.07) is 1.07. The molecule has 0 aromatic rings. The Bertz CT molecular complexity index is 545. The molecule has 4 nitrogen and oxygen atoms in total. The number of rotatable bonds is 2. The average molecular weight is 387 g/mol. The van der Waals surface area contributed by atoms with Gasteiger partial charge in [-0.15, -0.1) is 0 Å². The molecule has 156 valence electrons. The predicted molar refractivity (Wildman–Crippen MR) is 110 cm³/mol. The zero-order valence-electron chi connectivity index (χ0n) is 17.5. The van der Waals surface area contributed by atoms with E-state index in [1.165, 1.54) is 64.2 Å². The first-order valence-corrected chi connectivity index (χ1v) is 12.3. The molecule has 4 heteroatoms. The Labute approximate surface area is 170 Å². The van der Waals surface area contributed by atoms with Gasteiger partial charge in [0, 0.05) is 37.0 Å². The quantitative estimate of drug-likeness (QED) is 0.707. The largest absolute Gasteiger partial charge is 0.339 e. The van der Waals surface area contributed by atoms with Gasteiger partial charge in [-0.2, -0.15) is 0 Å². The topological polar surface area (TPSA) is 40.6 Å². The highest BCUT2D eigenvalue weighted by Crippen LogP contribution is 2.41. The Hall–Kier alpha value is -1.06. The van der Waals surface area contributed by atoms with E-state index in [2.05, 4.69) is 9.80 Å². The third-order valence-electron chi connectivity index (χ3n) is 9.01. The molecule has 0 bridgehead atoms. The number of hydrogen-bond acceptors (Lipinski definition) is 2. The fourth-order valence-electron chi connectivity index (χ4n) is 7.42. The molecule has 2 heterocycles. The maximum absolute atomic E-state index is 13.2. The van der Waals surface area contributed by atoms with Crippen molar-refractivity contribution < 1.29 is 9.59 Å². The number of fused-ring (bicyclic) bond motifs is 2. The Balaban J connectivity index is 1.15. The van der Waals surface area contributed by atoms with Crippen LogP contribution in [0.3, 0.4) is 0 Å². The lowest BCUT2D eigenvalue weighted by atomic mass is 9.79. The molecule has 2 aliphatic heterocycles. The number of amides is 2. The molecular formula is C24H38N2O2. The second kappa shape index (κ2) is 7.99. The fourth-order valence-corrected chi connectivity index (χ4v) is 7.42. The van der Waals surface area contributed by atoms with Crippen LogP contribution in [0, 0.1) is 23.7 Å². The minimum Gasteiger partial charge on any atom is -0.339 e. The van der Waals surface area contributed by atoms with E-state index in [1.54, 1.807) is 0 Å². The molecule has 4 unspecified atom stereocenters. The van der Waals surface area contributed by atoms with Gasteiger partial charge in [-0.25, -0.2) is 0 Å². The molecule has 0 N–H and O–H groups in total. The first-order chi connectivity index (χ1) is 13.7. The zero-order valence-corrected chi connectivity index (χ0v) is 17.5. The SMILES string of the molecule is O=C(C1CCC(C(=O)N2CCC3CCCCC32)CC1)N1CCC2CCCCC21. The Kier molecular flexibility index (Phi) is 5.40. The Morgan fingerprint density at radius 2 is 0.893 bits per heavy atom. The van der Waals surface area contributed by atoms with Gasteiger partial charge in [0.25, 0.3) is 0 Å². The van der Waals surface area contributed by atoms with Crippen molar-refractivity contribution >= 4 is 11.8 Å². The Morgan fingerprint density at radius 3 is 1.32 bits per heavy atom. The molecule has 28 heavy (non-hydrogen) atoms. The van der Waals surface area contributed by atoms with Crippen LogP contribution < -0.4 is 0 Å². The lowest BCUT2D eigenvalue weighted by Crippen LogP contribution is -2.45. The van der Waals surface area contributed by atoms with Crippen molar-refractivity contribution in [2.45, 2.75) is 102 Å². The van der Waals surface area contributed by atoms with Crippen molar-refractivity contribution in [1.29, 1.82) is 0 Å². The first-order valence-electron chi connectivity index (χ1n) is 12.3. The summed E-state index contributed by atoms with van der Waals surface area (Å²) in [5.41, 5.74) is 0. The molecule has 0 aromatic carbocycles. The van der Waals surface area contributed by atoms with E-state index in [9.17, 15) is 9.59 Å². The van der Waals surface area contributed by atoms with Gasteiger partial charge < -0.3 is 9.80 Å². The summed E-state index contributed by atoms with van der Waals surface area (Å²) >= 11 is 0. The lowest BCUT2D eigenvalue weighted by Gasteiger charge is -2.37. The van der Waals surface area contributed by atoms with Crippen molar-refractivity contribution in [3.63, 3.8) is 0 Å². The Morgan fingerprint density at radius 1 is 0.500 bits per heavy atom. The van der Waals surface area contributed by atoms with Crippen LogP contribution in [0.4, 0.5) is 0 Å². The van der Waals surface area contributed by atoms with Crippen LogP contribution in [0.15, 0.2) is 0 Å². The van der Waals surface area contributed by atoms with E-state index in [0.717, 1.165) is 50.6 Å². The second-order valence-electron chi connectivity index (χ2n) is 10.4. The molecule has 5 fully saturated rings. The van der Waals surface area contributed by atoms with Crippen LogP contribution in [0.5, 0.6) is 0 Å². The molecule has 5 rings (SSSR count). The van der Waals surface area contributed by atoms with Crippen LogP contribution in [-0.2, 0) is 9.59 Å². The fraction of sp³-hybridized carbons (Fsp3) is 0.917. The van der Waals surface area contributed by atoms with Crippen molar-refractivity contribution in [2.75, 3.05) is 13.1 Å². The third-order valence-corrected chi connectivity index (χ3v) is 9.01. The maximum Gasteiger partial charge on any atom is 0.225 e. The molecule has 0 radical (unpaired) electrons. The van der Waals surface area contributed by atoms with Crippen molar-refractivity contribution in [1.82, 2.24) is 9.80 Å². The normalized spacial score (nSPS) is 40.9. The van der Waals surface area contributed by atoms with Crippen LogP contribution in [-0.4, -0.2) is 46.8 Å². The highest BCUT2D eigenvalue weighted by molar-refractivity contribution is 5.82. The molecular weight excluding hydrogens is 348 g/mol. The highest BCUT2D eigenvalue weighted by atomic mass is 16.2. The van der Waals surface area contributed by atoms with E-state index in [-0.39, 0.29) is 11.8 Å². The summed E-state index contributed by atoms with van der Waals surface area (Å²) in [6.45, 7) is 1.98. The van der Waals surface area contributed by atoms with E-state index in [0.29, 0.717) is 23.9 Å². The van der Waals surface area contributed by atoms with Crippen LogP contribution in [0.25, 0.3) is 0 Å². The molecule has 2 amide bonds. The van der Waals surface area contributed by atoms with Crippen molar-refractivity contribution in [3.05, 3.63) is 0 Å². The first kappa shape index (κ1) is 18.9.